The zero-order valence-corrected chi connectivity index (χ0v) is 33.3. The minimum Gasteiger partial charge on any atom is -0.457 e. The molecule has 5 aromatic rings. The van der Waals surface area contributed by atoms with Gasteiger partial charge in [0.1, 0.15) is 23.0 Å². The van der Waals surface area contributed by atoms with E-state index in [1.807, 2.05) is 72.8 Å². The first kappa shape index (κ1) is 39.7. The lowest BCUT2D eigenvalue weighted by molar-refractivity contribution is 0.0874. The average Bonchev–Trinajstić information content (AvgIpc) is 3.63. The highest BCUT2D eigenvalue weighted by Gasteiger charge is 2.37. The van der Waals surface area contributed by atoms with Crippen molar-refractivity contribution >= 4 is 29.3 Å². The molecule has 0 bridgehead atoms. The number of nitrogens with zero attached hydrogens (tertiary/aromatic N) is 1. The third-order valence-electron chi connectivity index (χ3n) is 11.3. The van der Waals surface area contributed by atoms with Gasteiger partial charge in [-0.3, -0.25) is 24.5 Å². The van der Waals surface area contributed by atoms with Gasteiger partial charge in [0, 0.05) is 5.41 Å². The van der Waals surface area contributed by atoms with Crippen LogP contribution in [0.2, 0.25) is 0 Å². The molecule has 0 spiro atoms. The van der Waals surface area contributed by atoms with Crippen LogP contribution in [-0.4, -0.2) is 23.6 Å². The van der Waals surface area contributed by atoms with E-state index < -0.39 is 11.8 Å². The van der Waals surface area contributed by atoms with E-state index in [0.29, 0.717) is 50.9 Å². The molecule has 56 heavy (non-hydrogen) atoms. The van der Waals surface area contributed by atoms with E-state index in [1.165, 1.54) is 29.7 Å². The number of anilines is 1. The number of rotatable bonds is 12. The second-order valence-corrected chi connectivity index (χ2v) is 15.2. The van der Waals surface area contributed by atoms with Crippen molar-refractivity contribution in [3.8, 4) is 23.0 Å². The lowest BCUT2D eigenvalue weighted by atomic mass is 9.78. The van der Waals surface area contributed by atoms with Gasteiger partial charge in [-0.1, -0.05) is 104 Å². The van der Waals surface area contributed by atoms with Gasteiger partial charge in [-0.2, -0.15) is 0 Å². The molecule has 7 rings (SSSR count). The number of unbranched alkanes of at least 4 members (excludes halogenated alkanes) is 2. The standard InChI is InChI=1S/C43H38N2O6.C5H12/c1-6-43(5,7-2)28-8-14-29(15-9-28)45-40(48)35-23-21-33(25-37(35)41(45)49)51-31-18-12-27(13-19-31)42(3,4)26-10-16-30(17-11-26)50-32-20-22-34-36(24-32)39(47)44-38(34)46;1-3-5-4-2/h8-25H,6-7H2,1-5H3,(H,44,46,47);3-5H2,1-2H3. The van der Waals surface area contributed by atoms with Gasteiger partial charge < -0.3 is 9.47 Å². The van der Waals surface area contributed by atoms with E-state index in [2.05, 4.69) is 53.8 Å². The van der Waals surface area contributed by atoms with Crippen molar-refractivity contribution in [2.75, 3.05) is 4.90 Å². The summed E-state index contributed by atoms with van der Waals surface area (Å²) in [6.07, 6.45) is 6.07. The highest BCUT2D eigenvalue weighted by atomic mass is 16.5. The molecule has 0 atom stereocenters. The SMILES string of the molecule is CCC(C)(CC)c1ccc(N2C(=O)c3ccc(Oc4ccc(C(C)(C)c5ccc(Oc6ccc7c(c6)C(=O)NC7=O)cc5)cc4)cc3C2=O)cc1.CCCCC. The molecule has 5 aromatic carbocycles. The fourth-order valence-corrected chi connectivity index (χ4v) is 7.07. The highest BCUT2D eigenvalue weighted by molar-refractivity contribution is 6.34. The minimum atomic E-state index is -0.427. The number of amides is 4. The summed E-state index contributed by atoms with van der Waals surface area (Å²) in [6.45, 7) is 15.2. The quantitative estimate of drug-likeness (QED) is 0.127. The molecule has 0 radical (unpaired) electrons. The number of carbonyl (C=O) groups excluding carboxylic acids is 4. The topological polar surface area (TPSA) is 102 Å². The molecule has 0 aliphatic carbocycles. The Kier molecular flexibility index (Phi) is 11.6. The number of ether oxygens (including phenoxy) is 2. The van der Waals surface area contributed by atoms with E-state index in [1.54, 1.807) is 36.4 Å². The first-order valence-electron chi connectivity index (χ1n) is 19.5. The largest absolute Gasteiger partial charge is 0.457 e. The molecule has 0 saturated heterocycles. The maximum atomic E-state index is 13.5. The Morgan fingerprint density at radius 2 is 0.929 bits per heavy atom. The molecule has 0 aromatic heterocycles. The summed E-state index contributed by atoms with van der Waals surface area (Å²) < 4.78 is 12.1. The molecule has 2 aliphatic heterocycles. The van der Waals surface area contributed by atoms with Crippen molar-refractivity contribution in [1.82, 2.24) is 5.32 Å². The smallest absolute Gasteiger partial charge is 0.266 e. The molecule has 0 unspecified atom stereocenters. The van der Waals surface area contributed by atoms with Crippen LogP contribution < -0.4 is 19.7 Å². The van der Waals surface area contributed by atoms with E-state index in [4.69, 9.17) is 9.47 Å². The zero-order valence-electron chi connectivity index (χ0n) is 33.3. The second kappa shape index (κ2) is 16.4. The average molecular weight is 751 g/mol. The predicted molar refractivity (Wildman–Crippen MR) is 221 cm³/mol. The van der Waals surface area contributed by atoms with Crippen LogP contribution in [0, 0.1) is 0 Å². The number of nitrogens with one attached hydrogen (secondary N) is 1. The summed E-state index contributed by atoms with van der Waals surface area (Å²) in [5.74, 6) is 0.592. The Morgan fingerprint density at radius 1 is 0.500 bits per heavy atom. The maximum Gasteiger partial charge on any atom is 0.266 e. The second-order valence-electron chi connectivity index (χ2n) is 15.2. The van der Waals surface area contributed by atoms with Crippen LogP contribution in [-0.2, 0) is 10.8 Å². The molecule has 2 heterocycles. The number of hydrogen-bond acceptors (Lipinski definition) is 6. The van der Waals surface area contributed by atoms with Crippen molar-refractivity contribution in [2.45, 2.75) is 91.4 Å². The van der Waals surface area contributed by atoms with Gasteiger partial charge >= 0.3 is 0 Å². The van der Waals surface area contributed by atoms with E-state index >= 15 is 0 Å². The number of fused-ring (bicyclic) bond motifs is 2. The number of benzene rings is 5. The van der Waals surface area contributed by atoms with Gasteiger partial charge in [0.15, 0.2) is 0 Å². The number of imide groups is 2. The van der Waals surface area contributed by atoms with Crippen molar-refractivity contribution in [2.24, 2.45) is 0 Å². The molecule has 1 N–H and O–H groups in total. The molecule has 0 fully saturated rings. The number of carbonyl (C=O) groups is 4. The fraction of sp³-hybridized carbons (Fsp3) is 0.292. The Balaban J connectivity index is 0.00000100. The van der Waals surface area contributed by atoms with Crippen LogP contribution in [0.15, 0.2) is 109 Å². The third kappa shape index (κ3) is 7.87. The van der Waals surface area contributed by atoms with Crippen molar-refractivity contribution in [3.63, 3.8) is 0 Å². The van der Waals surface area contributed by atoms with Gasteiger partial charge in [-0.05, 0) is 108 Å². The predicted octanol–water partition coefficient (Wildman–Crippen LogP) is 11.6. The van der Waals surface area contributed by atoms with Crippen molar-refractivity contribution in [1.29, 1.82) is 0 Å². The molecular formula is C48H50N2O6. The minimum absolute atomic E-state index is 0.0415. The van der Waals surface area contributed by atoms with Crippen LogP contribution >= 0.6 is 0 Å². The lowest BCUT2D eigenvalue weighted by Crippen LogP contribution is -2.29. The Hall–Kier alpha value is -6.02. The van der Waals surface area contributed by atoms with Crippen LogP contribution in [0.5, 0.6) is 23.0 Å². The summed E-state index contributed by atoms with van der Waals surface area (Å²) >= 11 is 0. The van der Waals surface area contributed by atoms with Crippen LogP contribution in [0.4, 0.5) is 5.69 Å². The van der Waals surface area contributed by atoms with Crippen LogP contribution in [0.1, 0.15) is 139 Å². The van der Waals surface area contributed by atoms with E-state index in [-0.39, 0.29) is 22.6 Å². The summed E-state index contributed by atoms with van der Waals surface area (Å²) in [4.78, 5) is 51.9. The van der Waals surface area contributed by atoms with Gasteiger partial charge in [0.05, 0.1) is 27.9 Å². The molecular weight excluding hydrogens is 701 g/mol. The van der Waals surface area contributed by atoms with E-state index in [0.717, 1.165) is 24.0 Å². The van der Waals surface area contributed by atoms with Gasteiger partial charge in [-0.25, -0.2) is 4.90 Å². The maximum absolute atomic E-state index is 13.5. The molecule has 0 saturated carbocycles. The third-order valence-corrected chi connectivity index (χ3v) is 11.3. The molecule has 288 valence electrons. The highest BCUT2D eigenvalue weighted by Crippen LogP contribution is 2.38. The Labute approximate surface area is 329 Å². The monoisotopic (exact) mass is 750 g/mol. The lowest BCUT2D eigenvalue weighted by Gasteiger charge is -2.28. The van der Waals surface area contributed by atoms with Crippen LogP contribution in [0.25, 0.3) is 0 Å². The fourth-order valence-electron chi connectivity index (χ4n) is 7.07. The molecule has 8 nitrogen and oxygen atoms in total. The first-order chi connectivity index (χ1) is 26.8. The first-order valence-corrected chi connectivity index (χ1v) is 19.5. The summed E-state index contributed by atoms with van der Waals surface area (Å²) in [5.41, 5.74) is 4.87. The summed E-state index contributed by atoms with van der Waals surface area (Å²) in [7, 11) is 0. The van der Waals surface area contributed by atoms with Crippen molar-refractivity contribution in [3.05, 3.63) is 148 Å². The summed E-state index contributed by atoms with van der Waals surface area (Å²) in [6, 6.07) is 33.1. The normalized spacial score (nSPS) is 13.5. The molecule has 8 heteroatoms. The van der Waals surface area contributed by atoms with Crippen molar-refractivity contribution < 1.29 is 28.7 Å². The van der Waals surface area contributed by atoms with E-state index in [9.17, 15) is 19.2 Å². The Bertz CT molecular complexity index is 2250. The summed E-state index contributed by atoms with van der Waals surface area (Å²) in [5, 5.41) is 2.29. The van der Waals surface area contributed by atoms with Crippen LogP contribution in [0.3, 0.4) is 0 Å². The molecule has 4 amide bonds. The zero-order chi connectivity index (χ0) is 40.2. The van der Waals surface area contributed by atoms with Gasteiger partial charge in [0.25, 0.3) is 23.6 Å². The Morgan fingerprint density at radius 3 is 1.41 bits per heavy atom. The van der Waals surface area contributed by atoms with Gasteiger partial charge in [0.2, 0.25) is 0 Å². The number of hydrogen-bond donors (Lipinski definition) is 1. The molecule has 2 aliphatic rings. The van der Waals surface area contributed by atoms with Gasteiger partial charge in [-0.15, -0.1) is 0 Å².